The summed E-state index contributed by atoms with van der Waals surface area (Å²) in [7, 11) is 0. The van der Waals surface area contributed by atoms with E-state index in [1.807, 2.05) is 30.3 Å². The molecule has 3 aromatic rings. The highest BCUT2D eigenvalue weighted by Gasteiger charge is 2.30. The SMILES string of the molecule is Clc1ccccc1OCc1nnc(SCc2ccccc2Br)n1C1CC1. The molecular formula is C19H17BrClN3OS. The highest BCUT2D eigenvalue weighted by molar-refractivity contribution is 9.10. The van der Waals surface area contributed by atoms with Crippen LogP contribution in [0.15, 0.2) is 58.2 Å². The van der Waals surface area contributed by atoms with E-state index in [1.165, 1.54) is 18.4 Å². The first-order chi connectivity index (χ1) is 12.7. The molecule has 0 N–H and O–H groups in total. The lowest BCUT2D eigenvalue weighted by molar-refractivity contribution is 0.288. The van der Waals surface area contributed by atoms with Crippen molar-refractivity contribution in [1.82, 2.24) is 14.8 Å². The first kappa shape index (κ1) is 17.9. The number of hydrogen-bond acceptors (Lipinski definition) is 4. The maximum Gasteiger partial charge on any atom is 0.191 e. The molecule has 134 valence electrons. The molecule has 0 radical (unpaired) electrons. The van der Waals surface area contributed by atoms with Crippen LogP contribution in [0.5, 0.6) is 5.75 Å². The maximum absolute atomic E-state index is 6.17. The molecule has 0 atom stereocenters. The van der Waals surface area contributed by atoms with Gasteiger partial charge < -0.3 is 4.74 Å². The van der Waals surface area contributed by atoms with Crippen molar-refractivity contribution in [1.29, 1.82) is 0 Å². The van der Waals surface area contributed by atoms with Crippen LogP contribution in [0.4, 0.5) is 0 Å². The largest absolute Gasteiger partial charge is 0.484 e. The van der Waals surface area contributed by atoms with E-state index in [2.05, 4.69) is 48.9 Å². The van der Waals surface area contributed by atoms with Gasteiger partial charge in [0.25, 0.3) is 0 Å². The molecule has 0 saturated heterocycles. The Hall–Kier alpha value is -1.50. The summed E-state index contributed by atoms with van der Waals surface area (Å²) in [5.74, 6) is 2.36. The fraction of sp³-hybridized carbons (Fsp3) is 0.263. The standard InChI is InChI=1S/C19H17BrClN3OS/c20-15-6-2-1-5-13(15)12-26-19-23-22-18(24(19)14-9-10-14)11-25-17-8-4-3-7-16(17)21/h1-8,14H,9-12H2. The van der Waals surface area contributed by atoms with Gasteiger partial charge in [0.05, 0.1) is 5.02 Å². The van der Waals surface area contributed by atoms with Gasteiger partial charge in [-0.2, -0.15) is 0 Å². The predicted molar refractivity (Wildman–Crippen MR) is 108 cm³/mol. The Morgan fingerprint density at radius 1 is 1.12 bits per heavy atom. The summed E-state index contributed by atoms with van der Waals surface area (Å²) in [5.41, 5.74) is 1.25. The van der Waals surface area contributed by atoms with Gasteiger partial charge in [0.15, 0.2) is 11.0 Å². The number of halogens is 2. The third-order valence-corrected chi connectivity index (χ3v) is 6.23. The van der Waals surface area contributed by atoms with Crippen LogP contribution >= 0.6 is 39.3 Å². The fourth-order valence-corrected chi connectivity index (χ4v) is 4.49. The second-order valence-electron chi connectivity index (χ2n) is 6.10. The molecule has 1 aliphatic rings. The van der Waals surface area contributed by atoms with Crippen LogP contribution in [0.1, 0.15) is 30.3 Å². The Kier molecular flexibility index (Phi) is 5.52. The number of rotatable bonds is 7. The second-order valence-corrected chi connectivity index (χ2v) is 8.30. The van der Waals surface area contributed by atoms with Crippen LogP contribution in [-0.4, -0.2) is 14.8 Å². The van der Waals surface area contributed by atoms with Crippen molar-refractivity contribution in [3.05, 3.63) is 69.4 Å². The number of thioether (sulfide) groups is 1. The molecule has 0 bridgehead atoms. The zero-order valence-electron chi connectivity index (χ0n) is 13.9. The lowest BCUT2D eigenvalue weighted by Crippen LogP contribution is -2.07. The third kappa shape index (κ3) is 4.08. The molecule has 0 spiro atoms. The zero-order chi connectivity index (χ0) is 17.9. The predicted octanol–water partition coefficient (Wildman–Crippen LogP) is 5.90. The smallest absolute Gasteiger partial charge is 0.191 e. The maximum atomic E-state index is 6.17. The summed E-state index contributed by atoms with van der Waals surface area (Å²) in [5, 5.41) is 10.3. The number of benzene rings is 2. The lowest BCUT2D eigenvalue weighted by atomic mass is 10.2. The monoisotopic (exact) mass is 449 g/mol. The molecule has 1 aromatic heterocycles. The van der Waals surface area contributed by atoms with Crippen molar-refractivity contribution in [2.45, 2.75) is 36.4 Å². The van der Waals surface area contributed by atoms with E-state index < -0.39 is 0 Å². The van der Waals surface area contributed by atoms with E-state index in [0.717, 1.165) is 21.2 Å². The van der Waals surface area contributed by atoms with Crippen LogP contribution in [0.2, 0.25) is 5.02 Å². The van der Waals surface area contributed by atoms with Crippen molar-refractivity contribution < 1.29 is 4.74 Å². The number of hydrogen-bond donors (Lipinski definition) is 0. The van der Waals surface area contributed by atoms with Gasteiger partial charge in [-0.05, 0) is 36.6 Å². The Balaban J connectivity index is 1.48. The van der Waals surface area contributed by atoms with Crippen LogP contribution in [-0.2, 0) is 12.4 Å². The Bertz CT molecular complexity index is 846. The Morgan fingerprint density at radius 3 is 2.65 bits per heavy atom. The summed E-state index contributed by atoms with van der Waals surface area (Å²) in [6.07, 6.45) is 2.33. The normalized spacial score (nSPS) is 13.8. The van der Waals surface area contributed by atoms with Gasteiger partial charge >= 0.3 is 0 Å². The van der Waals surface area contributed by atoms with Crippen LogP contribution in [0.3, 0.4) is 0 Å². The molecule has 1 aliphatic carbocycles. The van der Waals surface area contributed by atoms with Crippen molar-refractivity contribution in [3.63, 3.8) is 0 Å². The minimum Gasteiger partial charge on any atom is -0.484 e. The minimum absolute atomic E-state index is 0.364. The van der Waals surface area contributed by atoms with Gasteiger partial charge in [-0.1, -0.05) is 69.6 Å². The summed E-state index contributed by atoms with van der Waals surface area (Å²) < 4.78 is 9.20. The molecule has 1 saturated carbocycles. The molecule has 26 heavy (non-hydrogen) atoms. The molecule has 0 unspecified atom stereocenters. The fourth-order valence-electron chi connectivity index (χ4n) is 2.67. The van der Waals surface area contributed by atoms with Crippen molar-refractivity contribution in [3.8, 4) is 5.75 Å². The van der Waals surface area contributed by atoms with Gasteiger partial charge in [-0.3, -0.25) is 4.57 Å². The summed E-state index contributed by atoms with van der Waals surface area (Å²) >= 11 is 11.5. The number of nitrogens with zero attached hydrogens (tertiary/aromatic N) is 3. The highest BCUT2D eigenvalue weighted by Crippen LogP contribution is 2.40. The van der Waals surface area contributed by atoms with Crippen molar-refractivity contribution in [2.24, 2.45) is 0 Å². The van der Waals surface area contributed by atoms with Gasteiger partial charge in [0.1, 0.15) is 12.4 Å². The Labute approximate surface area is 170 Å². The Morgan fingerprint density at radius 2 is 1.88 bits per heavy atom. The summed E-state index contributed by atoms with van der Waals surface area (Å²) in [6, 6.07) is 16.2. The minimum atomic E-state index is 0.364. The summed E-state index contributed by atoms with van der Waals surface area (Å²) in [4.78, 5) is 0. The van der Waals surface area contributed by atoms with Crippen LogP contribution in [0, 0.1) is 0 Å². The van der Waals surface area contributed by atoms with E-state index in [0.29, 0.717) is 23.4 Å². The van der Waals surface area contributed by atoms with Gasteiger partial charge in [-0.15, -0.1) is 10.2 Å². The molecule has 2 aromatic carbocycles. The van der Waals surface area contributed by atoms with E-state index >= 15 is 0 Å². The average molecular weight is 451 g/mol. The van der Waals surface area contributed by atoms with Crippen LogP contribution in [0.25, 0.3) is 0 Å². The van der Waals surface area contributed by atoms with E-state index in [9.17, 15) is 0 Å². The quantitative estimate of drug-likeness (QED) is 0.420. The first-order valence-electron chi connectivity index (χ1n) is 8.39. The molecule has 0 amide bonds. The topological polar surface area (TPSA) is 39.9 Å². The molecule has 1 fully saturated rings. The van der Waals surface area contributed by atoms with E-state index in [1.54, 1.807) is 11.8 Å². The highest BCUT2D eigenvalue weighted by atomic mass is 79.9. The molecule has 1 heterocycles. The van der Waals surface area contributed by atoms with E-state index in [4.69, 9.17) is 16.3 Å². The number of ether oxygens (including phenoxy) is 1. The number of aromatic nitrogens is 3. The second kappa shape index (κ2) is 8.03. The zero-order valence-corrected chi connectivity index (χ0v) is 17.1. The van der Waals surface area contributed by atoms with E-state index in [-0.39, 0.29) is 0 Å². The molecule has 4 rings (SSSR count). The third-order valence-electron chi connectivity index (χ3n) is 4.16. The molecule has 0 aliphatic heterocycles. The van der Waals surface area contributed by atoms with Gasteiger partial charge in [0, 0.05) is 16.3 Å². The number of para-hydroxylation sites is 1. The summed E-state index contributed by atoms with van der Waals surface area (Å²) in [6.45, 7) is 0.364. The molecule has 7 heteroatoms. The average Bonchev–Trinajstić information content (AvgIpc) is 3.41. The van der Waals surface area contributed by atoms with Crippen molar-refractivity contribution >= 4 is 39.3 Å². The van der Waals surface area contributed by atoms with Crippen LogP contribution < -0.4 is 4.74 Å². The van der Waals surface area contributed by atoms with Gasteiger partial charge in [-0.25, -0.2) is 0 Å². The first-order valence-corrected chi connectivity index (χ1v) is 10.6. The molecular weight excluding hydrogens is 434 g/mol. The lowest BCUT2D eigenvalue weighted by Gasteiger charge is -2.11. The van der Waals surface area contributed by atoms with Crippen molar-refractivity contribution in [2.75, 3.05) is 0 Å². The molecule has 4 nitrogen and oxygen atoms in total. The van der Waals surface area contributed by atoms with Gasteiger partial charge in [0.2, 0.25) is 0 Å².